The molecule has 2 aromatic carbocycles. The maximum Gasteiger partial charge on any atom is 0.163 e. The predicted octanol–water partition coefficient (Wildman–Crippen LogP) is 5.61. The van der Waals surface area contributed by atoms with Crippen LogP contribution in [0.3, 0.4) is 0 Å². The first-order chi connectivity index (χ1) is 12.2. The largest absolute Gasteiger partial charge is 0.493 e. The Morgan fingerprint density at radius 1 is 1.08 bits per heavy atom. The molecule has 0 bridgehead atoms. The first-order valence-corrected chi connectivity index (χ1v) is 9.38. The van der Waals surface area contributed by atoms with Crippen molar-refractivity contribution < 1.29 is 9.47 Å². The van der Waals surface area contributed by atoms with Crippen molar-refractivity contribution in [3.63, 3.8) is 0 Å². The molecule has 1 fully saturated rings. The Bertz CT molecular complexity index is 715. The minimum Gasteiger partial charge on any atom is -0.493 e. The van der Waals surface area contributed by atoms with E-state index in [0.717, 1.165) is 17.7 Å². The molecule has 0 atom stereocenters. The summed E-state index contributed by atoms with van der Waals surface area (Å²) in [7, 11) is 1.64. The van der Waals surface area contributed by atoms with Gasteiger partial charge in [0.2, 0.25) is 0 Å². The van der Waals surface area contributed by atoms with E-state index in [1.54, 1.807) is 7.11 Å². The highest BCUT2D eigenvalue weighted by atomic mass is 35.5. The lowest BCUT2D eigenvalue weighted by Gasteiger charge is -2.16. The summed E-state index contributed by atoms with van der Waals surface area (Å²) in [5, 5.41) is 4.96. The van der Waals surface area contributed by atoms with E-state index in [9.17, 15) is 0 Å². The van der Waals surface area contributed by atoms with Crippen LogP contribution in [0.5, 0.6) is 11.5 Å². The molecule has 5 heteroatoms. The van der Waals surface area contributed by atoms with Crippen molar-refractivity contribution in [3.8, 4) is 11.5 Å². The molecule has 1 aliphatic carbocycles. The summed E-state index contributed by atoms with van der Waals surface area (Å²) in [6, 6.07) is 12.0. The van der Waals surface area contributed by atoms with Gasteiger partial charge in [0.05, 0.1) is 7.11 Å². The fraction of sp³-hybridized carbons (Fsp3) is 0.400. The molecule has 134 valence electrons. The molecule has 0 amide bonds. The van der Waals surface area contributed by atoms with Crippen LogP contribution >= 0.6 is 23.2 Å². The monoisotopic (exact) mass is 379 g/mol. The van der Waals surface area contributed by atoms with E-state index >= 15 is 0 Å². The number of halogens is 2. The first kappa shape index (κ1) is 18.4. The van der Waals surface area contributed by atoms with Gasteiger partial charge in [-0.15, -0.1) is 0 Å². The van der Waals surface area contributed by atoms with Crippen molar-refractivity contribution in [2.75, 3.05) is 7.11 Å². The molecular formula is C20H23Cl2NO2. The van der Waals surface area contributed by atoms with Gasteiger partial charge in [-0.25, -0.2) is 0 Å². The van der Waals surface area contributed by atoms with Crippen LogP contribution in [-0.2, 0) is 13.2 Å². The first-order valence-electron chi connectivity index (χ1n) is 8.63. The molecular weight excluding hydrogens is 357 g/mol. The zero-order chi connectivity index (χ0) is 17.6. The second kappa shape index (κ2) is 8.79. The number of ether oxygens (including phenoxy) is 2. The molecule has 1 aliphatic rings. The second-order valence-electron chi connectivity index (χ2n) is 6.38. The number of nitrogens with one attached hydrogen (secondary N) is 1. The Balaban J connectivity index is 1.67. The fourth-order valence-corrected chi connectivity index (χ4v) is 3.59. The number of rotatable bonds is 7. The van der Waals surface area contributed by atoms with Gasteiger partial charge in [-0.05, 0) is 42.2 Å². The van der Waals surface area contributed by atoms with E-state index in [4.69, 9.17) is 32.7 Å². The molecule has 0 saturated heterocycles. The predicted molar refractivity (Wildman–Crippen MR) is 103 cm³/mol. The van der Waals surface area contributed by atoms with E-state index in [1.807, 2.05) is 36.4 Å². The SMILES string of the molecule is COc1cc(CNC2CCCC2)c(Cl)cc1OCc1cccc(Cl)c1. The van der Waals surface area contributed by atoms with Gasteiger partial charge >= 0.3 is 0 Å². The fourth-order valence-electron chi connectivity index (χ4n) is 3.16. The van der Waals surface area contributed by atoms with Crippen LogP contribution in [0.4, 0.5) is 0 Å². The lowest BCUT2D eigenvalue weighted by Crippen LogP contribution is -2.25. The lowest BCUT2D eigenvalue weighted by molar-refractivity contribution is 0.284. The van der Waals surface area contributed by atoms with Crippen LogP contribution in [-0.4, -0.2) is 13.2 Å². The summed E-state index contributed by atoms with van der Waals surface area (Å²) < 4.78 is 11.4. The third kappa shape index (κ3) is 5.04. The zero-order valence-corrected chi connectivity index (χ0v) is 15.9. The zero-order valence-electron chi connectivity index (χ0n) is 14.4. The van der Waals surface area contributed by atoms with Gasteiger partial charge in [-0.3, -0.25) is 0 Å². The summed E-state index contributed by atoms with van der Waals surface area (Å²) in [5.74, 6) is 1.33. The second-order valence-corrected chi connectivity index (χ2v) is 7.22. The molecule has 3 nitrogen and oxygen atoms in total. The van der Waals surface area contributed by atoms with Crippen LogP contribution < -0.4 is 14.8 Å². The van der Waals surface area contributed by atoms with Gasteiger partial charge in [0.15, 0.2) is 11.5 Å². The van der Waals surface area contributed by atoms with Crippen molar-refractivity contribution in [1.29, 1.82) is 0 Å². The smallest absolute Gasteiger partial charge is 0.163 e. The van der Waals surface area contributed by atoms with E-state index in [1.165, 1.54) is 25.7 Å². The Kier molecular flexibility index (Phi) is 6.46. The van der Waals surface area contributed by atoms with E-state index < -0.39 is 0 Å². The van der Waals surface area contributed by atoms with Crippen LogP contribution in [0.2, 0.25) is 10.0 Å². The summed E-state index contributed by atoms with van der Waals surface area (Å²) in [6.07, 6.45) is 5.11. The van der Waals surface area contributed by atoms with Crippen molar-refractivity contribution in [3.05, 3.63) is 57.6 Å². The lowest BCUT2D eigenvalue weighted by atomic mass is 10.1. The third-order valence-corrected chi connectivity index (χ3v) is 5.14. The molecule has 0 radical (unpaired) electrons. The van der Waals surface area contributed by atoms with E-state index in [0.29, 0.717) is 34.2 Å². The van der Waals surface area contributed by atoms with Gasteiger partial charge in [0.25, 0.3) is 0 Å². The minimum absolute atomic E-state index is 0.410. The quantitative estimate of drug-likeness (QED) is 0.677. The Labute approximate surface area is 159 Å². The molecule has 1 saturated carbocycles. The van der Waals surface area contributed by atoms with Gasteiger partial charge in [0.1, 0.15) is 6.61 Å². The summed E-state index contributed by atoms with van der Waals surface area (Å²) in [5.41, 5.74) is 2.03. The van der Waals surface area contributed by atoms with Crippen molar-refractivity contribution in [2.24, 2.45) is 0 Å². The maximum absolute atomic E-state index is 6.45. The number of methoxy groups -OCH3 is 1. The third-order valence-electron chi connectivity index (χ3n) is 4.55. The summed E-state index contributed by atoms with van der Waals surface area (Å²) >= 11 is 12.5. The topological polar surface area (TPSA) is 30.5 Å². The highest BCUT2D eigenvalue weighted by Gasteiger charge is 2.16. The van der Waals surface area contributed by atoms with Gasteiger partial charge in [0, 0.05) is 28.7 Å². The molecule has 0 aromatic heterocycles. The van der Waals surface area contributed by atoms with Crippen LogP contribution in [0.1, 0.15) is 36.8 Å². The number of hydrogen-bond acceptors (Lipinski definition) is 3. The molecule has 0 aliphatic heterocycles. The summed E-state index contributed by atoms with van der Waals surface area (Å²) in [6.45, 7) is 1.15. The normalized spacial score (nSPS) is 14.7. The van der Waals surface area contributed by atoms with Gasteiger partial charge in [-0.2, -0.15) is 0 Å². The van der Waals surface area contributed by atoms with E-state index in [-0.39, 0.29) is 0 Å². The van der Waals surface area contributed by atoms with Gasteiger partial charge in [-0.1, -0.05) is 48.2 Å². The van der Waals surface area contributed by atoms with Crippen molar-refractivity contribution >= 4 is 23.2 Å². The highest BCUT2D eigenvalue weighted by molar-refractivity contribution is 6.31. The molecule has 0 spiro atoms. The molecule has 0 unspecified atom stereocenters. The minimum atomic E-state index is 0.410. The number of hydrogen-bond donors (Lipinski definition) is 1. The molecule has 0 heterocycles. The Hall–Kier alpha value is -1.42. The highest BCUT2D eigenvalue weighted by Crippen LogP contribution is 2.34. The number of benzene rings is 2. The van der Waals surface area contributed by atoms with Crippen molar-refractivity contribution in [1.82, 2.24) is 5.32 Å². The molecule has 1 N–H and O–H groups in total. The van der Waals surface area contributed by atoms with Gasteiger partial charge < -0.3 is 14.8 Å². The molecule has 25 heavy (non-hydrogen) atoms. The molecule has 2 aromatic rings. The van der Waals surface area contributed by atoms with Crippen LogP contribution in [0.25, 0.3) is 0 Å². The Morgan fingerprint density at radius 3 is 2.60 bits per heavy atom. The standard InChI is InChI=1S/C20H23Cl2NO2/c1-24-19-10-15(12-23-17-7-2-3-8-17)18(22)11-20(19)25-13-14-5-4-6-16(21)9-14/h4-6,9-11,17,23H,2-3,7-8,12-13H2,1H3. The average molecular weight is 380 g/mol. The van der Waals surface area contributed by atoms with E-state index in [2.05, 4.69) is 5.32 Å². The summed E-state index contributed by atoms with van der Waals surface area (Å²) in [4.78, 5) is 0. The van der Waals surface area contributed by atoms with Crippen LogP contribution in [0, 0.1) is 0 Å². The Morgan fingerprint density at radius 2 is 1.88 bits per heavy atom. The van der Waals surface area contributed by atoms with Crippen molar-refractivity contribution in [2.45, 2.75) is 44.9 Å². The maximum atomic E-state index is 6.45. The average Bonchev–Trinajstić information content (AvgIpc) is 3.12. The van der Waals surface area contributed by atoms with Crippen LogP contribution in [0.15, 0.2) is 36.4 Å². The molecule has 3 rings (SSSR count).